The molecule has 172 valence electrons. The summed E-state index contributed by atoms with van der Waals surface area (Å²) >= 11 is 1.81. The summed E-state index contributed by atoms with van der Waals surface area (Å²) in [5.74, 6) is 1.56. The fourth-order valence-electron chi connectivity index (χ4n) is 5.14. The fraction of sp³-hybridized carbons (Fsp3) is 0.300. The van der Waals surface area contributed by atoms with E-state index in [-0.39, 0.29) is 5.41 Å². The number of thiophene rings is 1. The van der Waals surface area contributed by atoms with E-state index >= 15 is 0 Å². The number of furan rings is 2. The topological polar surface area (TPSA) is 39.2 Å². The van der Waals surface area contributed by atoms with Gasteiger partial charge in [0.15, 0.2) is 0 Å². The lowest BCUT2D eigenvalue weighted by Crippen LogP contribution is -2.11. The fourth-order valence-corrected chi connectivity index (χ4v) is 6.25. The summed E-state index contributed by atoms with van der Waals surface area (Å²) in [5, 5.41) is 6.70. The van der Waals surface area contributed by atoms with Crippen LogP contribution in [-0.4, -0.2) is 4.98 Å². The van der Waals surface area contributed by atoms with E-state index in [1.807, 2.05) is 23.6 Å². The predicted octanol–water partition coefficient (Wildman–Crippen LogP) is 9.41. The molecule has 0 radical (unpaired) electrons. The first-order valence-corrected chi connectivity index (χ1v) is 12.8. The van der Waals surface area contributed by atoms with Crippen LogP contribution in [-0.2, 0) is 11.8 Å². The monoisotopic (exact) mass is 467 g/mol. The molecule has 0 aliphatic carbocycles. The Kier molecular flexibility index (Phi) is 4.69. The van der Waals surface area contributed by atoms with Gasteiger partial charge in [-0.1, -0.05) is 34.6 Å². The van der Waals surface area contributed by atoms with Crippen LogP contribution in [0.1, 0.15) is 51.5 Å². The third-order valence-corrected chi connectivity index (χ3v) is 7.71. The smallest absolute Gasteiger partial charge is 0.139 e. The van der Waals surface area contributed by atoms with Crippen LogP contribution in [0.4, 0.5) is 0 Å². The summed E-state index contributed by atoms with van der Waals surface area (Å²) in [6.07, 6.45) is 2.85. The second-order valence-corrected chi connectivity index (χ2v) is 11.7. The van der Waals surface area contributed by atoms with E-state index in [0.717, 1.165) is 56.3 Å². The Balaban J connectivity index is 1.65. The van der Waals surface area contributed by atoms with Gasteiger partial charge in [0.1, 0.15) is 22.5 Å². The Labute approximate surface area is 203 Å². The molecule has 4 heteroatoms. The zero-order chi connectivity index (χ0) is 23.8. The molecule has 2 aromatic carbocycles. The zero-order valence-corrected chi connectivity index (χ0v) is 21.4. The molecule has 0 N–H and O–H groups in total. The Hall–Kier alpha value is -3.11. The number of fused-ring (bicyclic) bond motifs is 5. The van der Waals surface area contributed by atoms with E-state index in [9.17, 15) is 0 Å². The minimum absolute atomic E-state index is 0.0378. The number of hydrogen-bond donors (Lipinski definition) is 0. The van der Waals surface area contributed by atoms with Crippen LogP contribution >= 0.6 is 11.3 Å². The summed E-state index contributed by atoms with van der Waals surface area (Å²) in [4.78, 5) is 4.87. The van der Waals surface area contributed by atoms with Gasteiger partial charge in [0.2, 0.25) is 0 Å². The largest absolute Gasteiger partial charge is 0.461 e. The predicted molar refractivity (Wildman–Crippen MR) is 144 cm³/mol. The van der Waals surface area contributed by atoms with Crippen molar-refractivity contribution < 1.29 is 8.83 Å². The second kappa shape index (κ2) is 7.44. The molecular weight excluding hydrogens is 438 g/mol. The molecule has 0 bridgehead atoms. The number of rotatable bonds is 3. The highest BCUT2D eigenvalue weighted by atomic mass is 32.1. The lowest BCUT2D eigenvalue weighted by molar-refractivity contribution is 0.560. The molecule has 4 aromatic heterocycles. The summed E-state index contributed by atoms with van der Waals surface area (Å²) in [5.41, 5.74) is 7.41. The third kappa shape index (κ3) is 3.27. The van der Waals surface area contributed by atoms with E-state index in [1.165, 1.54) is 21.2 Å². The molecular formula is C30H29NO2S. The summed E-state index contributed by atoms with van der Waals surface area (Å²) < 4.78 is 14.0. The normalized spacial score (nSPS) is 12.8. The van der Waals surface area contributed by atoms with Crippen LogP contribution < -0.4 is 0 Å². The van der Waals surface area contributed by atoms with Crippen molar-refractivity contribution in [3.63, 3.8) is 0 Å². The minimum Gasteiger partial charge on any atom is -0.461 e. The van der Waals surface area contributed by atoms with Gasteiger partial charge >= 0.3 is 0 Å². The van der Waals surface area contributed by atoms with Crippen LogP contribution in [0.5, 0.6) is 0 Å². The van der Waals surface area contributed by atoms with E-state index in [4.69, 9.17) is 13.8 Å². The molecule has 6 rings (SSSR count). The summed E-state index contributed by atoms with van der Waals surface area (Å²) in [7, 11) is 0. The zero-order valence-electron chi connectivity index (χ0n) is 20.6. The van der Waals surface area contributed by atoms with E-state index < -0.39 is 0 Å². The maximum atomic E-state index is 6.38. The van der Waals surface area contributed by atoms with Gasteiger partial charge in [-0.05, 0) is 77.4 Å². The van der Waals surface area contributed by atoms with Crippen LogP contribution in [0.3, 0.4) is 0 Å². The van der Waals surface area contributed by atoms with E-state index in [0.29, 0.717) is 5.92 Å². The Morgan fingerprint density at radius 1 is 0.941 bits per heavy atom. The van der Waals surface area contributed by atoms with Crippen molar-refractivity contribution in [2.45, 2.75) is 53.4 Å². The third-order valence-electron chi connectivity index (χ3n) is 6.74. The molecule has 34 heavy (non-hydrogen) atoms. The molecule has 6 aromatic rings. The Morgan fingerprint density at radius 3 is 2.47 bits per heavy atom. The van der Waals surface area contributed by atoms with E-state index in [2.05, 4.69) is 77.3 Å². The van der Waals surface area contributed by atoms with Crippen molar-refractivity contribution in [1.29, 1.82) is 0 Å². The van der Waals surface area contributed by atoms with Gasteiger partial charge in [-0.25, -0.2) is 0 Å². The molecule has 3 nitrogen and oxygen atoms in total. The van der Waals surface area contributed by atoms with Crippen LogP contribution in [0.2, 0.25) is 0 Å². The van der Waals surface area contributed by atoms with Crippen LogP contribution in [0, 0.1) is 12.8 Å². The lowest BCUT2D eigenvalue weighted by Gasteiger charge is -2.21. The maximum absolute atomic E-state index is 6.38. The standard InChI is InChI=1S/C30H29NO2S/c1-16(2)11-20-17(3)32-25-15-22-26(14-21(20)25)33-24-7-9-31-28(27(22)24)19-12-18-8-10-34-29(18)23(13-19)30(4,5)6/h7-10,12-16H,11H2,1-6H3. The minimum atomic E-state index is 0.0378. The SMILES string of the molecule is Cc1oc2cc3c(cc2c1CC(C)C)oc1ccnc(-c2cc(C(C)(C)C)c4sccc4c2)c13. The van der Waals surface area contributed by atoms with Gasteiger partial charge in [-0.3, -0.25) is 4.98 Å². The van der Waals surface area contributed by atoms with Gasteiger partial charge in [0.05, 0.1) is 11.1 Å². The average Bonchev–Trinajstić information content (AvgIpc) is 3.46. The van der Waals surface area contributed by atoms with Crippen molar-refractivity contribution in [1.82, 2.24) is 4.98 Å². The first-order chi connectivity index (χ1) is 16.2. The Bertz CT molecular complexity index is 1710. The molecule has 0 atom stereocenters. The van der Waals surface area contributed by atoms with Crippen molar-refractivity contribution in [2.24, 2.45) is 5.92 Å². The van der Waals surface area contributed by atoms with Crippen molar-refractivity contribution in [3.05, 3.63) is 64.9 Å². The molecule has 0 fully saturated rings. The number of aromatic nitrogens is 1. The number of benzene rings is 2. The van der Waals surface area contributed by atoms with Gasteiger partial charge in [0, 0.05) is 32.8 Å². The lowest BCUT2D eigenvalue weighted by atomic mass is 9.85. The molecule has 0 saturated heterocycles. The molecule has 0 unspecified atom stereocenters. The molecule has 0 amide bonds. The number of nitrogens with zero attached hydrogens (tertiary/aromatic N) is 1. The van der Waals surface area contributed by atoms with Crippen molar-refractivity contribution >= 4 is 54.3 Å². The average molecular weight is 468 g/mol. The van der Waals surface area contributed by atoms with Crippen molar-refractivity contribution in [2.75, 3.05) is 0 Å². The van der Waals surface area contributed by atoms with Gasteiger partial charge in [-0.15, -0.1) is 11.3 Å². The quantitative estimate of drug-likeness (QED) is 0.260. The van der Waals surface area contributed by atoms with Crippen molar-refractivity contribution in [3.8, 4) is 11.3 Å². The second-order valence-electron chi connectivity index (χ2n) is 10.8. The first kappa shape index (κ1) is 21.4. The van der Waals surface area contributed by atoms with Gasteiger partial charge in [0.25, 0.3) is 0 Å². The Morgan fingerprint density at radius 2 is 1.71 bits per heavy atom. The first-order valence-electron chi connectivity index (χ1n) is 12.0. The molecule has 0 saturated carbocycles. The van der Waals surface area contributed by atoms with Crippen LogP contribution in [0.25, 0.3) is 54.3 Å². The number of aryl methyl sites for hydroxylation is 1. The van der Waals surface area contributed by atoms with Gasteiger partial charge < -0.3 is 8.83 Å². The van der Waals surface area contributed by atoms with Gasteiger partial charge in [-0.2, -0.15) is 0 Å². The summed E-state index contributed by atoms with van der Waals surface area (Å²) in [6.45, 7) is 13.4. The summed E-state index contributed by atoms with van der Waals surface area (Å²) in [6, 6.07) is 13.1. The molecule has 0 spiro atoms. The highest BCUT2D eigenvalue weighted by Gasteiger charge is 2.22. The van der Waals surface area contributed by atoms with Crippen LogP contribution in [0.15, 0.2) is 56.8 Å². The van der Waals surface area contributed by atoms with E-state index in [1.54, 1.807) is 0 Å². The maximum Gasteiger partial charge on any atom is 0.139 e. The highest BCUT2D eigenvalue weighted by Crippen LogP contribution is 2.42. The number of hydrogen-bond acceptors (Lipinski definition) is 4. The number of pyridine rings is 1. The highest BCUT2D eigenvalue weighted by molar-refractivity contribution is 7.17. The molecule has 4 heterocycles. The molecule has 0 aliphatic rings. The molecule has 0 aliphatic heterocycles.